The second-order valence-electron chi connectivity index (χ2n) is 6.22. The third kappa shape index (κ3) is 2.92. The fourth-order valence-electron chi connectivity index (χ4n) is 3.73. The molecule has 1 heterocycles. The molecule has 3 rings (SSSR count). The van der Waals surface area contributed by atoms with Crippen molar-refractivity contribution in [3.8, 4) is 5.75 Å². The maximum atomic E-state index is 13.5. The Morgan fingerprint density at radius 1 is 1.38 bits per heavy atom. The fourth-order valence-corrected chi connectivity index (χ4v) is 3.73. The molecule has 0 saturated heterocycles. The fraction of sp³-hybridized carbons (Fsp3) is 0.647. The number of nitrogens with one attached hydrogen (secondary N) is 1. The van der Waals surface area contributed by atoms with Gasteiger partial charge in [-0.25, -0.2) is 4.39 Å². The second-order valence-corrected chi connectivity index (χ2v) is 6.22. The van der Waals surface area contributed by atoms with Crippen LogP contribution in [0.25, 0.3) is 0 Å². The maximum Gasteiger partial charge on any atom is 0.125 e. The van der Waals surface area contributed by atoms with Gasteiger partial charge < -0.3 is 14.8 Å². The predicted molar refractivity (Wildman–Crippen MR) is 80.1 cm³/mol. The van der Waals surface area contributed by atoms with Gasteiger partial charge in [0.05, 0.1) is 6.10 Å². The SMILES string of the molecule is CCNC1CC2(CCC(OC)CC2)Oc2ccc(F)cc21. The Bertz CT molecular complexity index is 498. The zero-order chi connectivity index (χ0) is 14.9. The first-order valence-electron chi connectivity index (χ1n) is 7.90. The van der Waals surface area contributed by atoms with Crippen LogP contribution in [0.15, 0.2) is 18.2 Å². The lowest BCUT2D eigenvalue weighted by atomic mass is 9.76. The van der Waals surface area contributed by atoms with E-state index in [1.807, 2.05) is 0 Å². The molecule has 0 bridgehead atoms. The minimum Gasteiger partial charge on any atom is -0.487 e. The van der Waals surface area contributed by atoms with E-state index in [1.165, 1.54) is 6.07 Å². The molecule has 1 atom stereocenters. The number of methoxy groups -OCH3 is 1. The van der Waals surface area contributed by atoms with Gasteiger partial charge in [-0.1, -0.05) is 6.92 Å². The number of fused-ring (bicyclic) bond motifs is 1. The Balaban J connectivity index is 1.85. The van der Waals surface area contributed by atoms with Crippen molar-refractivity contribution in [3.63, 3.8) is 0 Å². The molecule has 1 N–H and O–H groups in total. The summed E-state index contributed by atoms with van der Waals surface area (Å²) in [6.07, 6.45) is 5.34. The van der Waals surface area contributed by atoms with E-state index in [2.05, 4.69) is 12.2 Å². The van der Waals surface area contributed by atoms with Crippen molar-refractivity contribution in [1.82, 2.24) is 5.32 Å². The Morgan fingerprint density at radius 3 is 2.81 bits per heavy atom. The summed E-state index contributed by atoms with van der Waals surface area (Å²) < 4.78 is 25.3. The zero-order valence-corrected chi connectivity index (χ0v) is 12.8. The number of hydrogen-bond donors (Lipinski definition) is 1. The van der Waals surface area contributed by atoms with Crippen LogP contribution in [0.4, 0.5) is 4.39 Å². The average molecular weight is 293 g/mol. The minimum atomic E-state index is -0.195. The van der Waals surface area contributed by atoms with Crippen molar-refractivity contribution in [2.24, 2.45) is 0 Å². The number of hydrogen-bond acceptors (Lipinski definition) is 3. The molecule has 0 radical (unpaired) electrons. The lowest BCUT2D eigenvalue weighted by Gasteiger charge is -2.46. The number of ether oxygens (including phenoxy) is 2. The van der Waals surface area contributed by atoms with Gasteiger partial charge in [-0.3, -0.25) is 0 Å². The van der Waals surface area contributed by atoms with E-state index < -0.39 is 0 Å². The summed E-state index contributed by atoms with van der Waals surface area (Å²) >= 11 is 0. The highest BCUT2D eigenvalue weighted by molar-refractivity contribution is 5.39. The molecule has 2 aliphatic rings. The van der Waals surface area contributed by atoms with Gasteiger partial charge in [0, 0.05) is 25.1 Å². The van der Waals surface area contributed by atoms with Gasteiger partial charge in [0.1, 0.15) is 17.2 Å². The van der Waals surface area contributed by atoms with E-state index in [-0.39, 0.29) is 17.5 Å². The van der Waals surface area contributed by atoms with Gasteiger partial charge in [-0.2, -0.15) is 0 Å². The van der Waals surface area contributed by atoms with Crippen LogP contribution >= 0.6 is 0 Å². The topological polar surface area (TPSA) is 30.5 Å². The summed E-state index contributed by atoms with van der Waals surface area (Å²) in [5, 5.41) is 3.49. The number of benzene rings is 1. The van der Waals surface area contributed by atoms with Crippen LogP contribution < -0.4 is 10.1 Å². The highest BCUT2D eigenvalue weighted by Gasteiger charge is 2.43. The second kappa shape index (κ2) is 5.93. The van der Waals surface area contributed by atoms with Gasteiger partial charge in [0.15, 0.2) is 0 Å². The van der Waals surface area contributed by atoms with Crippen LogP contribution in [0.5, 0.6) is 5.75 Å². The van der Waals surface area contributed by atoms with E-state index in [0.717, 1.165) is 50.0 Å². The Labute approximate surface area is 125 Å². The molecular formula is C17H24FNO2. The number of halogens is 1. The summed E-state index contributed by atoms with van der Waals surface area (Å²) in [6.45, 7) is 2.96. The average Bonchev–Trinajstić information content (AvgIpc) is 2.49. The minimum absolute atomic E-state index is 0.118. The highest BCUT2D eigenvalue weighted by Crippen LogP contribution is 2.46. The van der Waals surface area contributed by atoms with Gasteiger partial charge in [-0.05, 0) is 50.4 Å². The van der Waals surface area contributed by atoms with Gasteiger partial charge in [-0.15, -0.1) is 0 Å². The maximum absolute atomic E-state index is 13.5. The Morgan fingerprint density at radius 2 is 2.14 bits per heavy atom. The largest absolute Gasteiger partial charge is 0.487 e. The molecule has 21 heavy (non-hydrogen) atoms. The van der Waals surface area contributed by atoms with Crippen LogP contribution in [-0.2, 0) is 4.74 Å². The first kappa shape index (κ1) is 14.8. The van der Waals surface area contributed by atoms with Gasteiger partial charge in [0.2, 0.25) is 0 Å². The molecule has 1 aromatic carbocycles. The first-order chi connectivity index (χ1) is 10.2. The molecule has 1 aliphatic heterocycles. The quantitative estimate of drug-likeness (QED) is 0.924. The molecule has 0 aromatic heterocycles. The molecule has 4 heteroatoms. The monoisotopic (exact) mass is 293 g/mol. The van der Waals surface area contributed by atoms with E-state index in [0.29, 0.717) is 6.10 Å². The van der Waals surface area contributed by atoms with Crippen molar-refractivity contribution >= 4 is 0 Å². The van der Waals surface area contributed by atoms with Crippen LogP contribution in [0.3, 0.4) is 0 Å². The van der Waals surface area contributed by atoms with Crippen molar-refractivity contribution in [1.29, 1.82) is 0 Å². The van der Waals surface area contributed by atoms with Crippen molar-refractivity contribution in [3.05, 3.63) is 29.6 Å². The molecule has 116 valence electrons. The summed E-state index contributed by atoms with van der Waals surface area (Å²) in [5.41, 5.74) is 0.837. The summed E-state index contributed by atoms with van der Waals surface area (Å²) in [6, 6.07) is 5.05. The van der Waals surface area contributed by atoms with Crippen LogP contribution in [0.2, 0.25) is 0 Å². The molecule has 1 fully saturated rings. The Hall–Kier alpha value is -1.13. The van der Waals surface area contributed by atoms with Crippen LogP contribution in [0, 0.1) is 5.82 Å². The smallest absolute Gasteiger partial charge is 0.125 e. The standard InChI is InChI=1S/C17H24FNO2/c1-3-19-15-11-17(8-6-13(20-2)7-9-17)21-16-5-4-12(18)10-14(15)16/h4-5,10,13,15,19H,3,6-9,11H2,1-2H3. The molecule has 3 nitrogen and oxygen atoms in total. The highest BCUT2D eigenvalue weighted by atomic mass is 19.1. The normalized spacial score (nSPS) is 31.8. The van der Waals surface area contributed by atoms with Gasteiger partial charge >= 0.3 is 0 Å². The third-order valence-electron chi connectivity index (χ3n) is 4.88. The molecule has 1 spiro atoms. The number of rotatable bonds is 3. The van der Waals surface area contributed by atoms with Gasteiger partial charge in [0.25, 0.3) is 0 Å². The summed E-state index contributed by atoms with van der Waals surface area (Å²) in [5.74, 6) is 0.642. The van der Waals surface area contributed by atoms with E-state index in [9.17, 15) is 4.39 Å². The lowest BCUT2D eigenvalue weighted by molar-refractivity contribution is -0.0454. The molecule has 1 aromatic rings. The van der Waals surface area contributed by atoms with Crippen molar-refractivity contribution in [2.45, 2.75) is 56.8 Å². The van der Waals surface area contributed by atoms with E-state index >= 15 is 0 Å². The van der Waals surface area contributed by atoms with E-state index in [4.69, 9.17) is 9.47 Å². The van der Waals surface area contributed by atoms with Crippen LogP contribution in [-0.4, -0.2) is 25.4 Å². The lowest BCUT2D eigenvalue weighted by Crippen LogP contribution is -2.47. The molecule has 0 amide bonds. The Kier molecular flexibility index (Phi) is 4.18. The molecular weight excluding hydrogens is 269 g/mol. The van der Waals surface area contributed by atoms with Crippen LogP contribution in [0.1, 0.15) is 50.6 Å². The molecule has 1 aliphatic carbocycles. The molecule has 1 unspecified atom stereocenters. The third-order valence-corrected chi connectivity index (χ3v) is 4.88. The van der Waals surface area contributed by atoms with E-state index in [1.54, 1.807) is 19.2 Å². The van der Waals surface area contributed by atoms with Crippen molar-refractivity contribution in [2.75, 3.05) is 13.7 Å². The van der Waals surface area contributed by atoms with Crippen molar-refractivity contribution < 1.29 is 13.9 Å². The molecule has 1 saturated carbocycles. The first-order valence-corrected chi connectivity index (χ1v) is 7.90. The zero-order valence-electron chi connectivity index (χ0n) is 12.8. The summed E-state index contributed by atoms with van der Waals surface area (Å²) in [7, 11) is 1.78. The predicted octanol–water partition coefficient (Wildman–Crippen LogP) is 3.59. The summed E-state index contributed by atoms with van der Waals surface area (Å²) in [4.78, 5) is 0.